The Morgan fingerprint density at radius 2 is 2.04 bits per heavy atom. The smallest absolute Gasteiger partial charge is 0.251 e. The number of benzene rings is 2. The Morgan fingerprint density at radius 3 is 2.79 bits per heavy atom. The molecule has 1 saturated heterocycles. The molecule has 0 bridgehead atoms. The Kier molecular flexibility index (Phi) is 4.57. The van der Waals surface area contributed by atoms with Crippen molar-refractivity contribution in [2.24, 2.45) is 0 Å². The van der Waals surface area contributed by atoms with E-state index >= 15 is 0 Å². The van der Waals surface area contributed by atoms with Crippen molar-refractivity contribution in [2.45, 2.75) is 19.4 Å². The van der Waals surface area contributed by atoms with Gasteiger partial charge in [-0.05, 0) is 42.3 Å². The number of nitrogens with zero attached hydrogens (tertiary/aromatic N) is 2. The first-order chi connectivity index (χ1) is 11.7. The lowest BCUT2D eigenvalue weighted by atomic mass is 10.1. The van der Waals surface area contributed by atoms with E-state index in [1.54, 1.807) is 41.3 Å². The molecule has 0 aromatic heterocycles. The molecule has 2 aromatic rings. The highest BCUT2D eigenvalue weighted by Gasteiger charge is 2.22. The van der Waals surface area contributed by atoms with Gasteiger partial charge in [0.25, 0.3) is 5.91 Å². The molecule has 0 spiro atoms. The number of carbonyl (C=O) groups is 2. The van der Waals surface area contributed by atoms with Crippen LogP contribution in [0.4, 0.5) is 5.69 Å². The summed E-state index contributed by atoms with van der Waals surface area (Å²) in [6, 6.07) is 16.3. The molecule has 2 amide bonds. The van der Waals surface area contributed by atoms with Crippen molar-refractivity contribution in [1.29, 1.82) is 5.26 Å². The normalized spacial score (nSPS) is 13.6. The first kappa shape index (κ1) is 15.8. The van der Waals surface area contributed by atoms with Crippen LogP contribution in [0.1, 0.15) is 34.3 Å². The second kappa shape index (κ2) is 6.97. The van der Waals surface area contributed by atoms with Crippen LogP contribution in [0, 0.1) is 11.3 Å². The minimum absolute atomic E-state index is 0.0980. The topological polar surface area (TPSA) is 73.2 Å². The van der Waals surface area contributed by atoms with Gasteiger partial charge in [-0.25, -0.2) is 0 Å². The van der Waals surface area contributed by atoms with Crippen molar-refractivity contribution in [3.63, 3.8) is 0 Å². The quantitative estimate of drug-likeness (QED) is 0.941. The van der Waals surface area contributed by atoms with Crippen molar-refractivity contribution < 1.29 is 9.59 Å². The number of nitriles is 1. The van der Waals surface area contributed by atoms with E-state index in [-0.39, 0.29) is 11.8 Å². The second-order valence-corrected chi connectivity index (χ2v) is 5.69. The standard InChI is InChI=1S/C19H17N3O2/c20-12-14-4-1-5-15(10-14)13-21-19(24)16-6-2-7-17(11-16)22-9-3-8-18(22)23/h1-2,4-7,10-11H,3,8-9,13H2,(H,21,24). The van der Waals surface area contributed by atoms with Gasteiger partial charge >= 0.3 is 0 Å². The molecule has 0 radical (unpaired) electrons. The van der Waals surface area contributed by atoms with Crippen molar-refractivity contribution >= 4 is 17.5 Å². The maximum Gasteiger partial charge on any atom is 0.251 e. The minimum Gasteiger partial charge on any atom is -0.348 e. The molecule has 3 rings (SSSR count). The third kappa shape index (κ3) is 3.44. The molecule has 2 aromatic carbocycles. The van der Waals surface area contributed by atoms with Crippen LogP contribution in [-0.4, -0.2) is 18.4 Å². The lowest BCUT2D eigenvalue weighted by Crippen LogP contribution is -2.25. The van der Waals surface area contributed by atoms with E-state index in [1.165, 1.54) is 0 Å². The summed E-state index contributed by atoms with van der Waals surface area (Å²) in [5.74, 6) is -0.105. The van der Waals surface area contributed by atoms with Crippen molar-refractivity contribution in [2.75, 3.05) is 11.4 Å². The van der Waals surface area contributed by atoms with E-state index in [0.29, 0.717) is 30.6 Å². The highest BCUT2D eigenvalue weighted by molar-refractivity contribution is 5.99. The van der Waals surface area contributed by atoms with E-state index in [4.69, 9.17) is 5.26 Å². The first-order valence-electron chi connectivity index (χ1n) is 7.85. The Hall–Kier alpha value is -3.13. The first-order valence-corrected chi connectivity index (χ1v) is 7.85. The Morgan fingerprint density at radius 1 is 1.21 bits per heavy atom. The number of amides is 2. The number of hydrogen-bond acceptors (Lipinski definition) is 3. The summed E-state index contributed by atoms with van der Waals surface area (Å²) in [6.07, 6.45) is 1.41. The summed E-state index contributed by atoms with van der Waals surface area (Å²) >= 11 is 0. The Balaban J connectivity index is 1.69. The van der Waals surface area contributed by atoms with Crippen LogP contribution < -0.4 is 10.2 Å². The number of anilines is 1. The highest BCUT2D eigenvalue weighted by atomic mass is 16.2. The fourth-order valence-electron chi connectivity index (χ4n) is 2.77. The Bertz CT molecular complexity index is 823. The van der Waals surface area contributed by atoms with Crippen LogP contribution in [0.15, 0.2) is 48.5 Å². The zero-order chi connectivity index (χ0) is 16.9. The van der Waals surface area contributed by atoms with Crippen molar-refractivity contribution in [3.05, 3.63) is 65.2 Å². The summed E-state index contributed by atoms with van der Waals surface area (Å²) in [5.41, 5.74) is 2.71. The van der Waals surface area contributed by atoms with Gasteiger partial charge in [-0.1, -0.05) is 18.2 Å². The van der Waals surface area contributed by atoms with E-state index in [9.17, 15) is 9.59 Å². The molecule has 5 heteroatoms. The van der Waals surface area contributed by atoms with Gasteiger partial charge in [-0.2, -0.15) is 5.26 Å². The zero-order valence-corrected chi connectivity index (χ0v) is 13.2. The van der Waals surface area contributed by atoms with Gasteiger partial charge in [0.15, 0.2) is 0 Å². The number of carbonyl (C=O) groups excluding carboxylic acids is 2. The molecule has 0 aliphatic carbocycles. The maximum absolute atomic E-state index is 12.3. The number of rotatable bonds is 4. The van der Waals surface area contributed by atoms with Gasteiger partial charge in [0.1, 0.15) is 0 Å². The fourth-order valence-corrected chi connectivity index (χ4v) is 2.77. The molecule has 1 heterocycles. The van der Waals surface area contributed by atoms with Crippen LogP contribution in [0.5, 0.6) is 0 Å². The predicted molar refractivity (Wildman–Crippen MR) is 90.4 cm³/mol. The lowest BCUT2D eigenvalue weighted by Gasteiger charge is -2.16. The molecule has 1 fully saturated rings. The highest BCUT2D eigenvalue weighted by Crippen LogP contribution is 2.22. The molecule has 0 saturated carbocycles. The Labute approximate surface area is 140 Å². The summed E-state index contributed by atoms with van der Waals surface area (Å²) in [5, 5.41) is 11.7. The van der Waals surface area contributed by atoms with E-state index in [1.807, 2.05) is 12.1 Å². The number of hydrogen-bond donors (Lipinski definition) is 1. The van der Waals surface area contributed by atoms with Crippen LogP contribution >= 0.6 is 0 Å². The van der Waals surface area contributed by atoms with Gasteiger partial charge in [-0.3, -0.25) is 9.59 Å². The molecule has 120 valence electrons. The average molecular weight is 319 g/mol. The van der Waals surface area contributed by atoms with Crippen molar-refractivity contribution in [1.82, 2.24) is 5.32 Å². The van der Waals surface area contributed by atoms with Gasteiger partial charge in [0.2, 0.25) is 5.91 Å². The molecule has 0 unspecified atom stereocenters. The van der Waals surface area contributed by atoms with Crippen LogP contribution in [0.2, 0.25) is 0 Å². The monoisotopic (exact) mass is 319 g/mol. The van der Waals surface area contributed by atoms with Gasteiger partial charge in [0.05, 0.1) is 11.6 Å². The summed E-state index contributed by atoms with van der Waals surface area (Å²) in [6.45, 7) is 1.05. The number of nitrogens with one attached hydrogen (secondary N) is 1. The van der Waals surface area contributed by atoms with Gasteiger partial charge in [-0.15, -0.1) is 0 Å². The molecule has 1 aliphatic heterocycles. The average Bonchev–Trinajstić information content (AvgIpc) is 3.06. The van der Waals surface area contributed by atoms with Gasteiger partial charge in [0, 0.05) is 30.8 Å². The lowest BCUT2D eigenvalue weighted by molar-refractivity contribution is -0.117. The molecule has 0 atom stereocenters. The molecule has 5 nitrogen and oxygen atoms in total. The molecule has 24 heavy (non-hydrogen) atoms. The third-order valence-corrected chi connectivity index (χ3v) is 4.00. The van der Waals surface area contributed by atoms with Crippen LogP contribution in [0.3, 0.4) is 0 Å². The fraction of sp³-hybridized carbons (Fsp3) is 0.211. The van der Waals surface area contributed by atoms with Crippen LogP contribution in [-0.2, 0) is 11.3 Å². The van der Waals surface area contributed by atoms with Gasteiger partial charge < -0.3 is 10.2 Å². The SMILES string of the molecule is N#Cc1cccc(CNC(=O)c2cccc(N3CCCC3=O)c2)c1. The van der Waals surface area contributed by atoms with E-state index < -0.39 is 0 Å². The second-order valence-electron chi connectivity index (χ2n) is 5.69. The van der Waals surface area contributed by atoms with Crippen LogP contribution in [0.25, 0.3) is 0 Å². The largest absolute Gasteiger partial charge is 0.348 e. The van der Waals surface area contributed by atoms with Crippen molar-refractivity contribution in [3.8, 4) is 6.07 Å². The maximum atomic E-state index is 12.3. The molecule has 1 aliphatic rings. The predicted octanol–water partition coefficient (Wildman–Crippen LogP) is 2.62. The molecular formula is C19H17N3O2. The summed E-state index contributed by atoms with van der Waals surface area (Å²) in [7, 11) is 0. The summed E-state index contributed by atoms with van der Waals surface area (Å²) < 4.78 is 0. The third-order valence-electron chi connectivity index (χ3n) is 4.00. The summed E-state index contributed by atoms with van der Waals surface area (Å²) in [4.78, 5) is 25.9. The van der Waals surface area contributed by atoms with E-state index in [2.05, 4.69) is 11.4 Å². The molecular weight excluding hydrogens is 302 g/mol. The van der Waals surface area contributed by atoms with E-state index in [0.717, 1.165) is 17.7 Å². The minimum atomic E-state index is -0.203. The molecule has 1 N–H and O–H groups in total. The zero-order valence-electron chi connectivity index (χ0n) is 13.2.